The molecule has 0 unspecified atom stereocenters. The summed E-state index contributed by atoms with van der Waals surface area (Å²) >= 11 is 0. The molecule has 0 saturated carbocycles. The number of carboxylic acids is 1. The number of carboxylic acid groups (broad SMARTS) is 1. The first-order valence-electron chi connectivity index (χ1n) is 6.99. The average molecular weight is 296 g/mol. The molecule has 116 valence electrons. The number of carbonyl (C=O) groups excluding carboxylic acids is 1. The van der Waals surface area contributed by atoms with E-state index in [9.17, 15) is 9.59 Å². The van der Waals surface area contributed by atoms with Gasteiger partial charge in [-0.05, 0) is 18.8 Å². The third-order valence-electron chi connectivity index (χ3n) is 3.40. The second kappa shape index (κ2) is 7.63. The van der Waals surface area contributed by atoms with Crippen molar-refractivity contribution < 1.29 is 19.4 Å². The van der Waals surface area contributed by atoms with E-state index in [0.29, 0.717) is 25.6 Å². The fourth-order valence-corrected chi connectivity index (χ4v) is 2.14. The Labute approximate surface area is 122 Å². The van der Waals surface area contributed by atoms with Crippen LogP contribution in [0.1, 0.15) is 23.3 Å². The predicted molar refractivity (Wildman–Crippen MR) is 74.1 cm³/mol. The fraction of sp³-hybridized carbons (Fsp3) is 0.615. The van der Waals surface area contributed by atoms with Crippen LogP contribution in [0.25, 0.3) is 0 Å². The highest BCUT2D eigenvalue weighted by Crippen LogP contribution is 2.12. The van der Waals surface area contributed by atoms with E-state index in [0.717, 1.165) is 26.1 Å². The van der Waals surface area contributed by atoms with Gasteiger partial charge in [0.15, 0.2) is 5.69 Å². The molecule has 1 saturated heterocycles. The minimum atomic E-state index is -1.06. The molecule has 0 aliphatic carbocycles. The number of nitrogens with one attached hydrogen (secondary N) is 2. The Balaban J connectivity index is 1.61. The van der Waals surface area contributed by atoms with Gasteiger partial charge in [-0.3, -0.25) is 0 Å². The van der Waals surface area contributed by atoms with Gasteiger partial charge >= 0.3 is 12.0 Å². The number of hydrogen-bond donors (Lipinski definition) is 3. The quantitative estimate of drug-likeness (QED) is 0.700. The predicted octanol–water partition coefficient (Wildman–Crippen LogP) is 0.307. The van der Waals surface area contributed by atoms with Crippen molar-refractivity contribution in [3.63, 3.8) is 0 Å². The van der Waals surface area contributed by atoms with Gasteiger partial charge in [0.1, 0.15) is 0 Å². The number of amides is 2. The smallest absolute Gasteiger partial charge is 0.356 e. The molecule has 0 spiro atoms. The molecule has 1 aliphatic heterocycles. The van der Waals surface area contributed by atoms with Gasteiger partial charge in [0.25, 0.3) is 0 Å². The summed E-state index contributed by atoms with van der Waals surface area (Å²) in [6.07, 6.45) is 4.83. The summed E-state index contributed by atoms with van der Waals surface area (Å²) in [5.74, 6) is -0.577. The van der Waals surface area contributed by atoms with Gasteiger partial charge in [-0.25, -0.2) is 14.6 Å². The Kier molecular flexibility index (Phi) is 5.56. The van der Waals surface area contributed by atoms with Crippen molar-refractivity contribution in [3.05, 3.63) is 18.2 Å². The van der Waals surface area contributed by atoms with E-state index >= 15 is 0 Å². The molecule has 1 aromatic rings. The van der Waals surface area contributed by atoms with Gasteiger partial charge < -0.3 is 25.0 Å². The molecule has 8 nitrogen and oxygen atoms in total. The van der Waals surface area contributed by atoms with Crippen LogP contribution >= 0.6 is 0 Å². The van der Waals surface area contributed by atoms with Crippen LogP contribution in [0.5, 0.6) is 0 Å². The summed E-state index contributed by atoms with van der Waals surface area (Å²) in [6.45, 7) is 3.07. The van der Waals surface area contributed by atoms with Crippen LogP contribution in [0, 0.1) is 5.92 Å². The molecular formula is C13H20N4O4. The summed E-state index contributed by atoms with van der Waals surface area (Å²) < 4.78 is 6.89. The van der Waals surface area contributed by atoms with Crippen LogP contribution in [-0.4, -0.2) is 53.0 Å². The van der Waals surface area contributed by atoms with E-state index in [2.05, 4.69) is 15.6 Å². The molecule has 3 N–H and O–H groups in total. The number of aromatic carboxylic acids is 1. The molecule has 0 atom stereocenters. The van der Waals surface area contributed by atoms with Crippen molar-refractivity contribution >= 4 is 12.0 Å². The highest BCUT2D eigenvalue weighted by molar-refractivity contribution is 5.84. The van der Waals surface area contributed by atoms with Gasteiger partial charge in [-0.15, -0.1) is 0 Å². The minimum absolute atomic E-state index is 0.000955. The number of carbonyl (C=O) groups is 2. The van der Waals surface area contributed by atoms with Gasteiger partial charge in [-0.1, -0.05) is 0 Å². The maximum Gasteiger partial charge on any atom is 0.356 e. The maximum absolute atomic E-state index is 11.6. The van der Waals surface area contributed by atoms with Crippen LogP contribution in [0.3, 0.4) is 0 Å². The Morgan fingerprint density at radius 2 is 2.14 bits per heavy atom. The molecular weight excluding hydrogens is 276 g/mol. The molecule has 0 aromatic carbocycles. The van der Waals surface area contributed by atoms with Crippen molar-refractivity contribution in [2.45, 2.75) is 19.4 Å². The van der Waals surface area contributed by atoms with Gasteiger partial charge in [0.05, 0.1) is 6.33 Å². The molecule has 0 radical (unpaired) electrons. The first-order chi connectivity index (χ1) is 10.1. The Morgan fingerprint density at radius 1 is 1.38 bits per heavy atom. The molecule has 1 aromatic heterocycles. The van der Waals surface area contributed by atoms with Crippen molar-refractivity contribution in [2.75, 3.05) is 26.3 Å². The zero-order valence-electron chi connectivity index (χ0n) is 11.7. The molecule has 2 heterocycles. The first-order valence-corrected chi connectivity index (χ1v) is 6.99. The molecule has 21 heavy (non-hydrogen) atoms. The lowest BCUT2D eigenvalue weighted by Gasteiger charge is -2.22. The average Bonchev–Trinajstić information content (AvgIpc) is 2.95. The minimum Gasteiger partial charge on any atom is -0.476 e. The van der Waals surface area contributed by atoms with Gasteiger partial charge in [0, 0.05) is 39.0 Å². The second-order valence-corrected chi connectivity index (χ2v) is 4.99. The number of imidazole rings is 1. The lowest BCUT2D eigenvalue weighted by atomic mass is 10.0. The second-order valence-electron chi connectivity index (χ2n) is 4.99. The molecule has 0 bridgehead atoms. The lowest BCUT2D eigenvalue weighted by Crippen LogP contribution is -2.40. The number of aromatic nitrogens is 2. The van der Waals surface area contributed by atoms with Gasteiger partial charge in [-0.2, -0.15) is 0 Å². The summed E-state index contributed by atoms with van der Waals surface area (Å²) in [6, 6.07) is -0.208. The van der Waals surface area contributed by atoms with Crippen molar-refractivity contribution in [1.29, 1.82) is 0 Å². The molecule has 2 amide bonds. The van der Waals surface area contributed by atoms with E-state index in [1.165, 1.54) is 12.5 Å². The van der Waals surface area contributed by atoms with E-state index < -0.39 is 5.97 Å². The molecule has 8 heteroatoms. The Hall–Kier alpha value is -2.09. The van der Waals surface area contributed by atoms with Crippen LogP contribution in [0.15, 0.2) is 12.5 Å². The third kappa shape index (κ3) is 5.07. The van der Waals surface area contributed by atoms with E-state index in [1.807, 2.05) is 0 Å². The fourth-order valence-electron chi connectivity index (χ4n) is 2.14. The highest BCUT2D eigenvalue weighted by Gasteiger charge is 2.14. The number of hydrogen-bond acceptors (Lipinski definition) is 4. The first kappa shape index (κ1) is 15.3. The van der Waals surface area contributed by atoms with Crippen molar-refractivity contribution in [3.8, 4) is 0 Å². The van der Waals surface area contributed by atoms with E-state index in [4.69, 9.17) is 9.84 Å². The summed E-state index contributed by atoms with van der Waals surface area (Å²) in [5, 5.41) is 14.3. The summed E-state index contributed by atoms with van der Waals surface area (Å²) in [7, 11) is 0. The third-order valence-corrected chi connectivity index (χ3v) is 3.40. The molecule has 2 rings (SSSR count). The highest BCUT2D eigenvalue weighted by atomic mass is 16.5. The Morgan fingerprint density at radius 3 is 2.81 bits per heavy atom. The van der Waals surface area contributed by atoms with Gasteiger partial charge in [0.2, 0.25) is 0 Å². The monoisotopic (exact) mass is 296 g/mol. The zero-order valence-corrected chi connectivity index (χ0v) is 11.7. The van der Waals surface area contributed by atoms with Crippen molar-refractivity contribution in [1.82, 2.24) is 20.2 Å². The van der Waals surface area contributed by atoms with Crippen LogP contribution in [0.2, 0.25) is 0 Å². The zero-order chi connectivity index (χ0) is 15.1. The van der Waals surface area contributed by atoms with Crippen molar-refractivity contribution in [2.24, 2.45) is 5.92 Å². The summed E-state index contributed by atoms with van der Waals surface area (Å²) in [4.78, 5) is 26.0. The number of rotatable bonds is 6. The largest absolute Gasteiger partial charge is 0.476 e. The topological polar surface area (TPSA) is 105 Å². The van der Waals surface area contributed by atoms with Crippen LogP contribution in [-0.2, 0) is 11.3 Å². The normalized spacial score (nSPS) is 15.6. The maximum atomic E-state index is 11.6. The standard InChI is InChI=1S/C13H20N4O4/c18-12(19)11-8-17(9-16-11)4-3-14-13(20)15-7-10-1-5-21-6-2-10/h8-10H,1-7H2,(H,18,19)(H2,14,15,20). The van der Waals surface area contributed by atoms with E-state index in [1.54, 1.807) is 4.57 Å². The van der Waals surface area contributed by atoms with Crippen LogP contribution < -0.4 is 10.6 Å². The number of ether oxygens (including phenoxy) is 1. The summed E-state index contributed by atoms with van der Waals surface area (Å²) in [5.41, 5.74) is -0.000955. The van der Waals surface area contributed by atoms with Crippen LogP contribution in [0.4, 0.5) is 4.79 Å². The lowest BCUT2D eigenvalue weighted by molar-refractivity contribution is 0.0669. The number of urea groups is 1. The SMILES string of the molecule is O=C(NCCn1cnc(C(=O)O)c1)NCC1CCOCC1. The molecule has 1 aliphatic rings. The molecule has 1 fully saturated rings. The van der Waals surface area contributed by atoms with E-state index in [-0.39, 0.29) is 11.7 Å². The Bertz CT molecular complexity index is 482. The number of nitrogens with zero attached hydrogens (tertiary/aromatic N) is 2.